The first-order chi connectivity index (χ1) is 13.1. The van der Waals surface area contributed by atoms with Gasteiger partial charge < -0.3 is 5.32 Å². The van der Waals surface area contributed by atoms with Crippen molar-refractivity contribution in [2.45, 2.75) is 13.3 Å². The van der Waals surface area contributed by atoms with E-state index < -0.39 is 0 Å². The summed E-state index contributed by atoms with van der Waals surface area (Å²) in [7, 11) is 0. The lowest BCUT2D eigenvalue weighted by atomic mass is 10.1. The van der Waals surface area contributed by atoms with Crippen LogP contribution >= 0.6 is 11.3 Å². The van der Waals surface area contributed by atoms with Crippen LogP contribution in [0.4, 0.5) is 5.69 Å². The molecule has 3 rings (SSSR count). The minimum atomic E-state index is -0.178. The van der Waals surface area contributed by atoms with Crippen LogP contribution in [0.2, 0.25) is 0 Å². The zero-order valence-electron chi connectivity index (χ0n) is 14.8. The number of amides is 2. The smallest absolute Gasteiger partial charge is 0.265 e. The molecule has 0 aliphatic rings. The molecule has 1 aromatic heterocycles. The monoisotopic (exact) mass is 377 g/mol. The Morgan fingerprint density at radius 1 is 1.00 bits per heavy atom. The van der Waals surface area contributed by atoms with Crippen molar-refractivity contribution < 1.29 is 9.59 Å². The van der Waals surface area contributed by atoms with E-state index in [0.717, 1.165) is 11.1 Å². The van der Waals surface area contributed by atoms with Gasteiger partial charge in [-0.05, 0) is 41.6 Å². The largest absolute Gasteiger partial charge is 0.321 e. The quantitative estimate of drug-likeness (QED) is 0.502. The van der Waals surface area contributed by atoms with Gasteiger partial charge in [-0.3, -0.25) is 9.59 Å². The summed E-state index contributed by atoms with van der Waals surface area (Å²) in [5.41, 5.74) is 5.66. The predicted molar refractivity (Wildman–Crippen MR) is 109 cm³/mol. The summed E-state index contributed by atoms with van der Waals surface area (Å²) in [5, 5.41) is 8.89. The van der Waals surface area contributed by atoms with E-state index >= 15 is 0 Å². The Balaban J connectivity index is 1.62. The van der Waals surface area contributed by atoms with Gasteiger partial charge in [-0.1, -0.05) is 48.5 Å². The van der Waals surface area contributed by atoms with Gasteiger partial charge in [-0.2, -0.15) is 5.10 Å². The lowest BCUT2D eigenvalue weighted by Gasteiger charge is -2.07. The minimum absolute atomic E-state index is 0.145. The summed E-state index contributed by atoms with van der Waals surface area (Å²) < 4.78 is 0. The van der Waals surface area contributed by atoms with Gasteiger partial charge in [0.1, 0.15) is 0 Å². The highest BCUT2D eigenvalue weighted by Crippen LogP contribution is 2.15. The molecule has 0 atom stereocenters. The Bertz CT molecular complexity index is 951. The van der Waals surface area contributed by atoms with Gasteiger partial charge in [0, 0.05) is 5.69 Å². The third kappa shape index (κ3) is 5.36. The number of hydrogen-bond acceptors (Lipinski definition) is 4. The summed E-state index contributed by atoms with van der Waals surface area (Å²) in [6.07, 6.45) is 0.272. The number of carbonyl (C=O) groups is 2. The highest BCUT2D eigenvalue weighted by molar-refractivity contribution is 7.12. The average Bonchev–Trinajstić information content (AvgIpc) is 3.22. The summed E-state index contributed by atoms with van der Waals surface area (Å²) in [5.74, 6) is -0.324. The molecule has 0 bridgehead atoms. The molecule has 1 heterocycles. The maximum absolute atomic E-state index is 12.2. The molecule has 0 aliphatic heterocycles. The van der Waals surface area contributed by atoms with E-state index in [1.807, 2.05) is 73.0 Å². The van der Waals surface area contributed by atoms with Crippen molar-refractivity contribution in [2.24, 2.45) is 5.10 Å². The molecule has 3 aromatic rings. The van der Waals surface area contributed by atoms with E-state index in [0.29, 0.717) is 16.3 Å². The lowest BCUT2D eigenvalue weighted by molar-refractivity contribution is -0.120. The number of hydrogen-bond donors (Lipinski definition) is 2. The molecule has 27 heavy (non-hydrogen) atoms. The molecular formula is C21H19N3O2S. The number of anilines is 1. The molecule has 0 spiro atoms. The zero-order chi connectivity index (χ0) is 19.1. The molecular weight excluding hydrogens is 358 g/mol. The van der Waals surface area contributed by atoms with Crippen molar-refractivity contribution in [3.05, 3.63) is 88.1 Å². The van der Waals surface area contributed by atoms with Gasteiger partial charge in [0.15, 0.2) is 0 Å². The van der Waals surface area contributed by atoms with Crippen LogP contribution in [0.5, 0.6) is 0 Å². The summed E-state index contributed by atoms with van der Waals surface area (Å²) >= 11 is 1.39. The van der Waals surface area contributed by atoms with Crippen LogP contribution in [-0.4, -0.2) is 17.5 Å². The summed E-state index contributed by atoms with van der Waals surface area (Å²) in [6.45, 7) is 1.81. The van der Waals surface area contributed by atoms with Gasteiger partial charge in [0.2, 0.25) is 5.91 Å². The second-order valence-electron chi connectivity index (χ2n) is 5.91. The van der Waals surface area contributed by atoms with Gasteiger partial charge in [0.05, 0.1) is 17.0 Å². The van der Waals surface area contributed by atoms with Crippen molar-refractivity contribution >= 4 is 34.6 Å². The van der Waals surface area contributed by atoms with E-state index in [1.54, 1.807) is 6.07 Å². The average molecular weight is 377 g/mol. The number of benzene rings is 2. The van der Waals surface area contributed by atoms with Crippen LogP contribution < -0.4 is 10.7 Å². The van der Waals surface area contributed by atoms with E-state index in [1.165, 1.54) is 11.3 Å². The number of thiophene rings is 1. The van der Waals surface area contributed by atoms with Crippen molar-refractivity contribution in [3.63, 3.8) is 0 Å². The van der Waals surface area contributed by atoms with Crippen LogP contribution in [0.25, 0.3) is 0 Å². The molecule has 0 unspecified atom stereocenters. The number of hydrazone groups is 1. The van der Waals surface area contributed by atoms with Crippen LogP contribution in [0, 0.1) is 0 Å². The number of nitrogens with zero attached hydrogens (tertiary/aromatic N) is 1. The molecule has 0 aliphatic carbocycles. The van der Waals surface area contributed by atoms with Crippen molar-refractivity contribution in [1.29, 1.82) is 0 Å². The standard InChI is InChI=1S/C21H19N3O2S/c1-15(23-24-20(25)13-16-7-3-2-4-8-16)17-9-5-10-18(14-17)22-21(26)19-11-6-12-27-19/h2-12,14H,13H2,1H3,(H,22,26)(H,24,25)/b23-15+. The van der Waals surface area contributed by atoms with E-state index in [2.05, 4.69) is 15.8 Å². The summed E-state index contributed by atoms with van der Waals surface area (Å²) in [6, 6.07) is 20.5. The fourth-order valence-corrected chi connectivity index (χ4v) is 3.07. The lowest BCUT2D eigenvalue weighted by Crippen LogP contribution is -2.21. The SMILES string of the molecule is C/C(=N\NC(=O)Cc1ccccc1)c1cccc(NC(=O)c2cccs2)c1. The second kappa shape index (κ2) is 8.91. The van der Waals surface area contributed by atoms with Crippen LogP contribution in [0.1, 0.15) is 27.7 Å². The summed E-state index contributed by atoms with van der Waals surface area (Å²) in [4.78, 5) is 24.8. The molecule has 136 valence electrons. The molecule has 6 heteroatoms. The number of rotatable bonds is 6. The van der Waals surface area contributed by atoms with E-state index in [9.17, 15) is 9.59 Å². The molecule has 2 aromatic carbocycles. The van der Waals surface area contributed by atoms with E-state index in [-0.39, 0.29) is 18.2 Å². The Morgan fingerprint density at radius 2 is 1.81 bits per heavy atom. The normalized spacial score (nSPS) is 11.1. The topological polar surface area (TPSA) is 70.6 Å². The van der Waals surface area contributed by atoms with Crippen molar-refractivity contribution in [1.82, 2.24) is 5.43 Å². The van der Waals surface area contributed by atoms with Crippen LogP contribution in [0.3, 0.4) is 0 Å². The third-order valence-electron chi connectivity index (χ3n) is 3.84. The minimum Gasteiger partial charge on any atom is -0.321 e. The molecule has 0 saturated heterocycles. The Kier molecular flexibility index (Phi) is 6.12. The molecule has 2 N–H and O–H groups in total. The fourth-order valence-electron chi connectivity index (χ4n) is 2.45. The third-order valence-corrected chi connectivity index (χ3v) is 4.71. The van der Waals surface area contributed by atoms with Crippen molar-refractivity contribution in [2.75, 3.05) is 5.32 Å². The van der Waals surface area contributed by atoms with E-state index in [4.69, 9.17) is 0 Å². The van der Waals surface area contributed by atoms with Gasteiger partial charge in [-0.15, -0.1) is 11.3 Å². The highest BCUT2D eigenvalue weighted by Gasteiger charge is 2.08. The maximum atomic E-state index is 12.2. The van der Waals surface area contributed by atoms with Gasteiger partial charge in [-0.25, -0.2) is 5.43 Å². The number of nitrogens with one attached hydrogen (secondary N) is 2. The van der Waals surface area contributed by atoms with Gasteiger partial charge in [0.25, 0.3) is 5.91 Å². The zero-order valence-corrected chi connectivity index (χ0v) is 15.6. The second-order valence-corrected chi connectivity index (χ2v) is 6.85. The fraction of sp³-hybridized carbons (Fsp3) is 0.0952. The first-order valence-electron chi connectivity index (χ1n) is 8.44. The molecule has 5 nitrogen and oxygen atoms in total. The Labute approximate surface area is 161 Å². The molecule has 0 saturated carbocycles. The molecule has 2 amide bonds. The van der Waals surface area contributed by atoms with Gasteiger partial charge >= 0.3 is 0 Å². The first kappa shape index (κ1) is 18.5. The molecule has 0 fully saturated rings. The van der Waals surface area contributed by atoms with Crippen LogP contribution in [0.15, 0.2) is 77.2 Å². The maximum Gasteiger partial charge on any atom is 0.265 e. The Hall–Kier alpha value is -3.25. The number of carbonyl (C=O) groups excluding carboxylic acids is 2. The Morgan fingerprint density at radius 3 is 2.56 bits per heavy atom. The van der Waals surface area contributed by atoms with Crippen molar-refractivity contribution in [3.8, 4) is 0 Å². The molecule has 0 radical (unpaired) electrons. The first-order valence-corrected chi connectivity index (χ1v) is 9.32. The highest BCUT2D eigenvalue weighted by atomic mass is 32.1. The predicted octanol–water partition coefficient (Wildman–Crippen LogP) is 4.08. The van der Waals surface area contributed by atoms with Crippen LogP contribution in [-0.2, 0) is 11.2 Å².